The Kier molecular flexibility index (Phi) is 7.86. The highest BCUT2D eigenvalue weighted by Gasteiger charge is 2.38. The molecule has 0 radical (unpaired) electrons. The van der Waals surface area contributed by atoms with E-state index in [1.807, 2.05) is 28.8 Å². The number of pyridine rings is 1. The second kappa shape index (κ2) is 11.1. The van der Waals surface area contributed by atoms with E-state index in [1.165, 1.54) is 12.8 Å². The molecule has 1 saturated carbocycles. The van der Waals surface area contributed by atoms with Gasteiger partial charge in [0, 0.05) is 44.3 Å². The van der Waals surface area contributed by atoms with E-state index in [2.05, 4.69) is 42.3 Å². The van der Waals surface area contributed by atoms with Gasteiger partial charge in [-0.1, -0.05) is 12.8 Å². The first-order valence-electron chi connectivity index (χ1n) is 11.8. The summed E-state index contributed by atoms with van der Waals surface area (Å²) in [5, 5.41) is 19.1. The zero-order valence-electron chi connectivity index (χ0n) is 20.1. The van der Waals surface area contributed by atoms with Crippen LogP contribution in [0.1, 0.15) is 47.9 Å². The summed E-state index contributed by atoms with van der Waals surface area (Å²) in [6, 6.07) is 5.82. The fourth-order valence-electron chi connectivity index (χ4n) is 4.40. The van der Waals surface area contributed by atoms with Gasteiger partial charge in [0.2, 0.25) is 5.95 Å². The molecule has 37 heavy (non-hydrogen) atoms. The van der Waals surface area contributed by atoms with E-state index in [4.69, 9.17) is 9.90 Å². The molecule has 1 aliphatic heterocycles. The van der Waals surface area contributed by atoms with Crippen molar-refractivity contribution in [1.82, 2.24) is 34.8 Å². The average molecular weight is 521 g/mol. The molecule has 4 heterocycles. The smallest absolute Gasteiger partial charge is 0.475 e. The van der Waals surface area contributed by atoms with Crippen molar-refractivity contribution >= 4 is 23.5 Å². The zero-order chi connectivity index (χ0) is 26.6. The number of amides is 1. The van der Waals surface area contributed by atoms with Crippen molar-refractivity contribution in [2.75, 3.05) is 31.6 Å². The molecule has 5 rings (SSSR count). The molecule has 0 spiro atoms. The summed E-state index contributed by atoms with van der Waals surface area (Å²) in [6.07, 6.45) is 4.81. The van der Waals surface area contributed by atoms with Gasteiger partial charge in [-0.3, -0.25) is 14.1 Å². The van der Waals surface area contributed by atoms with E-state index < -0.39 is 12.1 Å². The molecule has 1 aliphatic carbocycles. The Bertz CT molecular complexity index is 1230. The number of nitrogens with one attached hydrogen (secondary N) is 1. The van der Waals surface area contributed by atoms with Crippen LogP contribution in [0.4, 0.5) is 19.1 Å². The number of hydrogen-bond acceptors (Lipinski definition) is 8. The number of aliphatic carboxylic acids is 1. The number of alkyl halides is 3. The molecule has 2 aliphatic rings. The largest absolute Gasteiger partial charge is 0.490 e. The maximum Gasteiger partial charge on any atom is 0.490 e. The van der Waals surface area contributed by atoms with Crippen molar-refractivity contribution in [3.63, 3.8) is 0 Å². The van der Waals surface area contributed by atoms with E-state index in [0.29, 0.717) is 12.1 Å². The predicted octanol–water partition coefficient (Wildman–Crippen LogP) is 2.32. The number of rotatable bonds is 4. The van der Waals surface area contributed by atoms with E-state index in [0.717, 1.165) is 43.4 Å². The number of halogens is 3. The molecule has 1 unspecified atom stereocenters. The number of likely N-dealkylation sites (N-methyl/N-ethyl adjacent to an activating group) is 1. The molecule has 2 N–H and O–H groups in total. The summed E-state index contributed by atoms with van der Waals surface area (Å²) in [5.74, 6) is -1.24. The topological polar surface area (TPSA) is 129 Å². The number of fused-ring (bicyclic) bond motifs is 1. The molecule has 3 aromatic heterocycles. The zero-order valence-corrected chi connectivity index (χ0v) is 20.1. The highest BCUT2D eigenvalue weighted by molar-refractivity contribution is 5.94. The lowest BCUT2D eigenvalue weighted by Crippen LogP contribution is -2.48. The van der Waals surface area contributed by atoms with Crippen LogP contribution in [0.25, 0.3) is 5.65 Å². The minimum Gasteiger partial charge on any atom is -0.475 e. The van der Waals surface area contributed by atoms with Crippen LogP contribution in [0.3, 0.4) is 0 Å². The van der Waals surface area contributed by atoms with Gasteiger partial charge in [0.1, 0.15) is 0 Å². The normalized spacial score (nSPS) is 18.9. The molecule has 1 atom stereocenters. The Labute approximate surface area is 210 Å². The number of nitrogens with zero attached hydrogens (tertiary/aromatic N) is 7. The van der Waals surface area contributed by atoms with Gasteiger partial charge in [-0.15, -0.1) is 10.2 Å². The number of carbonyl (C=O) groups is 2. The van der Waals surface area contributed by atoms with Crippen LogP contribution in [0.5, 0.6) is 0 Å². The monoisotopic (exact) mass is 520 g/mol. The highest BCUT2D eigenvalue weighted by Crippen LogP contribution is 2.25. The summed E-state index contributed by atoms with van der Waals surface area (Å²) in [6.45, 7) is 2.42. The van der Waals surface area contributed by atoms with E-state index in [-0.39, 0.29) is 18.0 Å². The first-order valence-corrected chi connectivity index (χ1v) is 11.8. The van der Waals surface area contributed by atoms with Gasteiger partial charge in [0.15, 0.2) is 11.5 Å². The molecule has 3 aromatic rings. The Hall–Kier alpha value is -3.81. The molecule has 11 nitrogen and oxygen atoms in total. The lowest BCUT2D eigenvalue weighted by Gasteiger charge is -2.38. The lowest BCUT2D eigenvalue weighted by molar-refractivity contribution is -0.192. The molecule has 198 valence electrons. The minimum absolute atomic E-state index is 0.0192. The van der Waals surface area contributed by atoms with Gasteiger partial charge >= 0.3 is 12.1 Å². The summed E-state index contributed by atoms with van der Waals surface area (Å²) in [7, 11) is 2.09. The third kappa shape index (κ3) is 6.31. The number of aromatic nitrogens is 5. The maximum atomic E-state index is 12.8. The molecular weight excluding hydrogens is 493 g/mol. The SMILES string of the molecule is CN1CCN(c2ncccn2)CC1c1nnc2ccc(C(=O)NC3CCCC3)cn12.O=C(O)C(F)(F)F. The number of anilines is 1. The number of hydrogen-bond donors (Lipinski definition) is 2. The van der Waals surface area contributed by atoms with Gasteiger partial charge in [0.25, 0.3) is 5.91 Å². The van der Waals surface area contributed by atoms with Crippen molar-refractivity contribution in [1.29, 1.82) is 0 Å². The van der Waals surface area contributed by atoms with Crippen molar-refractivity contribution < 1.29 is 27.9 Å². The van der Waals surface area contributed by atoms with Crippen molar-refractivity contribution in [2.24, 2.45) is 0 Å². The summed E-state index contributed by atoms with van der Waals surface area (Å²) >= 11 is 0. The summed E-state index contributed by atoms with van der Waals surface area (Å²) in [4.78, 5) is 34.9. The van der Waals surface area contributed by atoms with Crippen LogP contribution in [0, 0.1) is 0 Å². The number of piperazine rings is 1. The van der Waals surface area contributed by atoms with Gasteiger partial charge in [0.05, 0.1) is 11.6 Å². The van der Waals surface area contributed by atoms with Gasteiger partial charge in [-0.05, 0) is 38.1 Å². The Morgan fingerprint density at radius 3 is 2.41 bits per heavy atom. The standard InChI is InChI=1S/C21H26N8O.C2HF3O2/c1-27-11-12-28(21-22-9-4-10-23-21)14-17(27)19-26-25-18-8-7-15(13-29(18)19)20(30)24-16-5-2-3-6-16;3-2(4,5)1(6)7/h4,7-10,13,16-17H,2-3,5-6,11-12,14H2,1H3,(H,24,30);(H,6,7). The third-order valence-corrected chi connectivity index (χ3v) is 6.40. The second-order valence-electron chi connectivity index (χ2n) is 8.95. The van der Waals surface area contributed by atoms with Gasteiger partial charge in [-0.2, -0.15) is 13.2 Å². The summed E-state index contributed by atoms with van der Waals surface area (Å²) in [5.41, 5.74) is 1.38. The Morgan fingerprint density at radius 1 is 1.08 bits per heavy atom. The van der Waals surface area contributed by atoms with Crippen molar-refractivity contribution in [3.8, 4) is 0 Å². The average Bonchev–Trinajstić information content (AvgIpc) is 3.54. The third-order valence-electron chi connectivity index (χ3n) is 6.40. The van der Waals surface area contributed by atoms with E-state index >= 15 is 0 Å². The van der Waals surface area contributed by atoms with Gasteiger partial charge in [-0.25, -0.2) is 14.8 Å². The highest BCUT2D eigenvalue weighted by atomic mass is 19.4. The molecule has 0 bridgehead atoms. The fourth-order valence-corrected chi connectivity index (χ4v) is 4.40. The Morgan fingerprint density at radius 2 is 1.76 bits per heavy atom. The molecular formula is C23H27F3N8O3. The molecule has 2 fully saturated rings. The number of carboxylic acids is 1. The van der Waals surface area contributed by atoms with Crippen LogP contribution < -0.4 is 10.2 Å². The molecule has 0 aromatic carbocycles. The number of carboxylic acid groups (broad SMARTS) is 1. The van der Waals surface area contributed by atoms with Gasteiger partial charge < -0.3 is 15.3 Å². The van der Waals surface area contributed by atoms with Crippen LogP contribution >= 0.6 is 0 Å². The maximum absolute atomic E-state index is 12.8. The van der Waals surface area contributed by atoms with Crippen LogP contribution in [0.15, 0.2) is 36.8 Å². The van der Waals surface area contributed by atoms with Crippen LogP contribution in [-0.4, -0.2) is 85.3 Å². The van der Waals surface area contributed by atoms with Crippen LogP contribution in [-0.2, 0) is 4.79 Å². The lowest BCUT2D eigenvalue weighted by atomic mass is 10.1. The number of carbonyl (C=O) groups excluding carboxylic acids is 1. The first kappa shape index (κ1) is 26.3. The van der Waals surface area contributed by atoms with Crippen LogP contribution in [0.2, 0.25) is 0 Å². The minimum atomic E-state index is -5.08. The Balaban J connectivity index is 0.000000405. The molecule has 14 heteroatoms. The molecule has 1 amide bonds. The fraction of sp³-hybridized carbons (Fsp3) is 0.478. The quantitative estimate of drug-likeness (QED) is 0.533. The molecule has 1 saturated heterocycles. The second-order valence-corrected chi connectivity index (χ2v) is 8.95. The summed E-state index contributed by atoms with van der Waals surface area (Å²) < 4.78 is 33.7. The van der Waals surface area contributed by atoms with E-state index in [1.54, 1.807) is 12.4 Å². The first-order chi connectivity index (χ1) is 17.6. The van der Waals surface area contributed by atoms with Crippen molar-refractivity contribution in [2.45, 2.75) is 43.9 Å². The van der Waals surface area contributed by atoms with E-state index in [9.17, 15) is 18.0 Å². The van der Waals surface area contributed by atoms with Crippen molar-refractivity contribution in [3.05, 3.63) is 48.2 Å². The predicted molar refractivity (Wildman–Crippen MR) is 126 cm³/mol.